The van der Waals surface area contributed by atoms with Crippen molar-refractivity contribution in [2.45, 2.75) is 18.9 Å². The summed E-state index contributed by atoms with van der Waals surface area (Å²) in [6.45, 7) is 1.85. The molecule has 1 aromatic heterocycles. The Bertz CT molecular complexity index is 459. The van der Waals surface area contributed by atoms with E-state index in [9.17, 15) is 0 Å². The van der Waals surface area contributed by atoms with E-state index in [0.29, 0.717) is 6.42 Å². The van der Waals surface area contributed by atoms with E-state index in [-0.39, 0.29) is 6.61 Å². The number of nitrogens with one attached hydrogen (secondary N) is 1. The van der Waals surface area contributed by atoms with Gasteiger partial charge in [0.1, 0.15) is 0 Å². The summed E-state index contributed by atoms with van der Waals surface area (Å²) in [7, 11) is 0. The Balaban J connectivity index is 2.37. The van der Waals surface area contributed by atoms with Crippen LogP contribution in [-0.4, -0.2) is 22.2 Å². The third-order valence-corrected chi connectivity index (χ3v) is 2.63. The first-order valence-corrected chi connectivity index (χ1v) is 5.07. The van der Waals surface area contributed by atoms with Crippen molar-refractivity contribution >= 4 is 10.9 Å². The minimum absolute atomic E-state index is 0.00743. The largest absolute Gasteiger partial charge is 0.394 e. The first-order valence-electron chi connectivity index (χ1n) is 5.07. The molecule has 0 spiro atoms. The molecule has 2 aromatic rings. The van der Waals surface area contributed by atoms with Crippen molar-refractivity contribution < 1.29 is 5.11 Å². The Kier molecular flexibility index (Phi) is 2.50. The summed E-state index contributed by atoms with van der Waals surface area (Å²) < 4.78 is 0. The van der Waals surface area contributed by atoms with Crippen LogP contribution in [0.4, 0.5) is 0 Å². The summed E-state index contributed by atoms with van der Waals surface area (Å²) in [6.07, 6.45) is 2.64. The lowest BCUT2D eigenvalue weighted by atomic mass is 9.95. The third kappa shape index (κ3) is 2.03. The maximum absolute atomic E-state index is 9.13. The summed E-state index contributed by atoms with van der Waals surface area (Å²) in [4.78, 5) is 3.20. The molecule has 0 saturated carbocycles. The van der Waals surface area contributed by atoms with Gasteiger partial charge in [-0.25, -0.2) is 0 Å². The Labute approximate surface area is 88.9 Å². The molecule has 80 valence electrons. The predicted octanol–water partition coefficient (Wildman–Crippen LogP) is 1.42. The Morgan fingerprint density at radius 1 is 1.40 bits per heavy atom. The van der Waals surface area contributed by atoms with E-state index < -0.39 is 5.54 Å². The first-order chi connectivity index (χ1) is 7.12. The molecule has 0 bridgehead atoms. The number of aliphatic hydroxyl groups is 1. The van der Waals surface area contributed by atoms with Gasteiger partial charge in [-0.3, -0.25) is 0 Å². The number of rotatable bonds is 3. The fourth-order valence-electron chi connectivity index (χ4n) is 1.77. The van der Waals surface area contributed by atoms with Crippen molar-refractivity contribution in [2.75, 3.05) is 6.61 Å². The lowest BCUT2D eigenvalue weighted by Crippen LogP contribution is -2.42. The molecule has 4 N–H and O–H groups in total. The zero-order valence-electron chi connectivity index (χ0n) is 8.83. The van der Waals surface area contributed by atoms with Crippen molar-refractivity contribution in [3.63, 3.8) is 0 Å². The van der Waals surface area contributed by atoms with Crippen LogP contribution < -0.4 is 5.73 Å². The van der Waals surface area contributed by atoms with E-state index in [1.165, 1.54) is 5.39 Å². The molecule has 0 amide bonds. The second-order valence-corrected chi connectivity index (χ2v) is 4.35. The summed E-state index contributed by atoms with van der Waals surface area (Å²) in [5, 5.41) is 10.3. The molecule has 1 heterocycles. The van der Waals surface area contributed by atoms with Gasteiger partial charge in [-0.2, -0.15) is 0 Å². The van der Waals surface area contributed by atoms with Crippen LogP contribution in [0.3, 0.4) is 0 Å². The van der Waals surface area contributed by atoms with Crippen LogP contribution in [0.2, 0.25) is 0 Å². The normalized spacial score (nSPS) is 15.4. The molecule has 0 saturated heterocycles. The molecule has 1 aromatic carbocycles. The van der Waals surface area contributed by atoms with Gasteiger partial charge < -0.3 is 15.8 Å². The van der Waals surface area contributed by atoms with Gasteiger partial charge in [0.15, 0.2) is 0 Å². The van der Waals surface area contributed by atoms with Gasteiger partial charge in [0, 0.05) is 22.6 Å². The molecule has 0 aliphatic rings. The molecule has 3 nitrogen and oxygen atoms in total. The second-order valence-electron chi connectivity index (χ2n) is 4.35. The Morgan fingerprint density at radius 3 is 2.87 bits per heavy atom. The number of nitrogens with two attached hydrogens (primary N) is 1. The molecule has 0 unspecified atom stereocenters. The molecule has 0 aliphatic carbocycles. The number of para-hydroxylation sites is 1. The highest BCUT2D eigenvalue weighted by Gasteiger charge is 2.19. The van der Waals surface area contributed by atoms with Crippen LogP contribution in [0.5, 0.6) is 0 Å². The van der Waals surface area contributed by atoms with Gasteiger partial charge in [-0.05, 0) is 25.0 Å². The lowest BCUT2D eigenvalue weighted by molar-refractivity contribution is 0.208. The van der Waals surface area contributed by atoms with Crippen LogP contribution >= 0.6 is 0 Å². The van der Waals surface area contributed by atoms with Gasteiger partial charge in [0.2, 0.25) is 0 Å². The van der Waals surface area contributed by atoms with E-state index in [1.54, 1.807) is 0 Å². The van der Waals surface area contributed by atoms with Gasteiger partial charge in [-0.15, -0.1) is 0 Å². The molecule has 15 heavy (non-hydrogen) atoms. The van der Waals surface area contributed by atoms with Gasteiger partial charge in [0.25, 0.3) is 0 Å². The molecule has 2 rings (SSSR count). The van der Waals surface area contributed by atoms with E-state index in [4.69, 9.17) is 10.8 Å². The highest BCUT2D eigenvalue weighted by atomic mass is 16.3. The number of hydrogen-bond acceptors (Lipinski definition) is 2. The highest BCUT2D eigenvalue weighted by molar-refractivity contribution is 5.83. The van der Waals surface area contributed by atoms with Crippen molar-refractivity contribution in [1.29, 1.82) is 0 Å². The number of aromatic amines is 1. The number of aromatic nitrogens is 1. The van der Waals surface area contributed by atoms with Gasteiger partial charge >= 0.3 is 0 Å². The molecule has 0 aliphatic heterocycles. The van der Waals surface area contributed by atoms with E-state index in [1.807, 2.05) is 31.3 Å². The summed E-state index contributed by atoms with van der Waals surface area (Å²) in [5.74, 6) is 0. The number of benzene rings is 1. The molecule has 0 radical (unpaired) electrons. The molecule has 3 heteroatoms. The standard InChI is InChI=1S/C12H16N2O/c1-12(13,8-15)6-9-7-14-11-5-3-2-4-10(9)11/h2-5,7,14-15H,6,8,13H2,1H3/t12-/m1/s1. The summed E-state index contributed by atoms with van der Waals surface area (Å²) in [6, 6.07) is 8.10. The SMILES string of the molecule is C[C@](N)(CO)Cc1c[nH]c2ccccc12. The maximum atomic E-state index is 9.13. The van der Waals surface area contributed by atoms with Crippen molar-refractivity contribution in [2.24, 2.45) is 5.73 Å². The van der Waals surface area contributed by atoms with Gasteiger partial charge in [0.05, 0.1) is 6.61 Å². The van der Waals surface area contributed by atoms with Crippen LogP contribution in [0.15, 0.2) is 30.5 Å². The van der Waals surface area contributed by atoms with E-state index >= 15 is 0 Å². The molecular weight excluding hydrogens is 188 g/mol. The smallest absolute Gasteiger partial charge is 0.0611 e. The number of aliphatic hydroxyl groups excluding tert-OH is 1. The topological polar surface area (TPSA) is 62.0 Å². The monoisotopic (exact) mass is 204 g/mol. The second kappa shape index (κ2) is 3.68. The Morgan fingerprint density at radius 2 is 2.13 bits per heavy atom. The van der Waals surface area contributed by atoms with Crippen molar-refractivity contribution in [3.05, 3.63) is 36.0 Å². The minimum atomic E-state index is -0.551. The summed E-state index contributed by atoms with van der Waals surface area (Å²) in [5.41, 5.74) is 7.65. The van der Waals surface area contributed by atoms with Crippen molar-refractivity contribution in [1.82, 2.24) is 4.98 Å². The zero-order chi connectivity index (χ0) is 10.9. The van der Waals surface area contributed by atoms with E-state index in [2.05, 4.69) is 11.1 Å². The predicted molar refractivity (Wildman–Crippen MR) is 61.7 cm³/mol. The number of fused-ring (bicyclic) bond motifs is 1. The average Bonchev–Trinajstić information content (AvgIpc) is 2.62. The van der Waals surface area contributed by atoms with Crippen LogP contribution in [-0.2, 0) is 6.42 Å². The molecule has 1 atom stereocenters. The quantitative estimate of drug-likeness (QED) is 0.708. The fourth-order valence-corrected chi connectivity index (χ4v) is 1.77. The van der Waals surface area contributed by atoms with Crippen LogP contribution in [0.1, 0.15) is 12.5 Å². The third-order valence-electron chi connectivity index (χ3n) is 2.63. The van der Waals surface area contributed by atoms with Crippen LogP contribution in [0.25, 0.3) is 10.9 Å². The summed E-state index contributed by atoms with van der Waals surface area (Å²) >= 11 is 0. The number of hydrogen-bond donors (Lipinski definition) is 3. The van der Waals surface area contributed by atoms with Crippen LogP contribution in [0, 0.1) is 0 Å². The zero-order valence-corrected chi connectivity index (χ0v) is 8.83. The lowest BCUT2D eigenvalue weighted by Gasteiger charge is -2.20. The minimum Gasteiger partial charge on any atom is -0.394 e. The van der Waals surface area contributed by atoms with Crippen molar-refractivity contribution in [3.8, 4) is 0 Å². The Hall–Kier alpha value is -1.32. The molecular formula is C12H16N2O. The van der Waals surface area contributed by atoms with Gasteiger partial charge in [-0.1, -0.05) is 18.2 Å². The van der Waals surface area contributed by atoms with E-state index in [0.717, 1.165) is 11.1 Å². The fraction of sp³-hybridized carbons (Fsp3) is 0.333. The average molecular weight is 204 g/mol. The highest BCUT2D eigenvalue weighted by Crippen LogP contribution is 2.21. The first kappa shape index (κ1) is 10.2. The maximum Gasteiger partial charge on any atom is 0.0611 e. The number of H-pyrrole nitrogens is 1. The molecule has 0 fully saturated rings.